The summed E-state index contributed by atoms with van der Waals surface area (Å²) in [5.41, 5.74) is 0. The second-order valence-electron chi connectivity index (χ2n) is 3.32. The van der Waals surface area contributed by atoms with Crippen molar-refractivity contribution in [2.45, 2.75) is 13.3 Å². The molecule has 0 saturated carbocycles. The van der Waals surface area contributed by atoms with Crippen LogP contribution in [0.25, 0.3) is 0 Å². The van der Waals surface area contributed by atoms with E-state index >= 15 is 0 Å². The third-order valence-electron chi connectivity index (χ3n) is 2.39. The van der Waals surface area contributed by atoms with Gasteiger partial charge in [-0.15, -0.1) is 0 Å². The monoisotopic (exact) mass is 198 g/mol. The van der Waals surface area contributed by atoms with Crippen LogP contribution in [0.3, 0.4) is 0 Å². The summed E-state index contributed by atoms with van der Waals surface area (Å²) in [4.78, 5) is 24.8. The van der Waals surface area contributed by atoms with Gasteiger partial charge in [-0.25, -0.2) is 0 Å². The third kappa shape index (κ3) is 2.54. The van der Waals surface area contributed by atoms with Crippen LogP contribution in [0.5, 0.6) is 0 Å². The number of nitrogens with zero attached hydrogens (tertiary/aromatic N) is 1. The van der Waals surface area contributed by atoms with Crippen molar-refractivity contribution in [1.82, 2.24) is 4.90 Å². The minimum Gasteiger partial charge on any atom is -0.465 e. The Morgan fingerprint density at radius 1 is 1.71 bits per heavy atom. The van der Waals surface area contributed by atoms with Crippen LogP contribution >= 0.6 is 0 Å². The molecule has 1 aliphatic rings. The lowest BCUT2D eigenvalue weighted by atomic mass is 9.97. The zero-order valence-corrected chi connectivity index (χ0v) is 8.49. The molecular weight excluding hydrogens is 182 g/mol. The largest absolute Gasteiger partial charge is 0.465 e. The van der Waals surface area contributed by atoms with E-state index in [0.29, 0.717) is 32.7 Å². The topological polar surface area (TPSA) is 46.6 Å². The highest BCUT2D eigenvalue weighted by Crippen LogP contribution is 2.14. The third-order valence-corrected chi connectivity index (χ3v) is 2.39. The molecule has 0 aromatic rings. The Morgan fingerprint density at radius 2 is 2.43 bits per heavy atom. The number of Topliss-reactive ketones (excluding diaryl/α,β-unsaturated/α-hetero) is 1. The fourth-order valence-corrected chi connectivity index (χ4v) is 1.55. The van der Waals surface area contributed by atoms with Crippen LogP contribution in [0, 0.1) is 12.8 Å². The molecule has 1 saturated heterocycles. The highest BCUT2D eigenvalue weighted by Gasteiger charge is 2.33. The van der Waals surface area contributed by atoms with Gasteiger partial charge in [0.05, 0.1) is 6.61 Å². The van der Waals surface area contributed by atoms with Crippen molar-refractivity contribution in [2.24, 2.45) is 5.92 Å². The second-order valence-corrected chi connectivity index (χ2v) is 3.32. The Kier molecular flexibility index (Phi) is 4.07. The lowest BCUT2D eigenvalue weighted by Crippen LogP contribution is -2.44. The minimum absolute atomic E-state index is 0.00634. The summed E-state index contributed by atoms with van der Waals surface area (Å²) in [6, 6.07) is 0. The summed E-state index contributed by atoms with van der Waals surface area (Å²) in [6.07, 6.45) is 0.430. The fraction of sp³-hybridized carbons (Fsp3) is 0.700. The van der Waals surface area contributed by atoms with E-state index in [0.717, 1.165) is 0 Å². The lowest BCUT2D eigenvalue weighted by Gasteiger charge is -2.29. The zero-order valence-electron chi connectivity index (χ0n) is 8.49. The van der Waals surface area contributed by atoms with Gasteiger partial charge >= 0.3 is 5.97 Å². The maximum atomic E-state index is 11.4. The Labute approximate surface area is 84.2 Å². The molecule has 1 radical (unpaired) electrons. The molecule has 79 valence electrons. The molecule has 0 aromatic carbocycles. The molecule has 1 fully saturated rings. The maximum Gasteiger partial charge on any atom is 0.317 e. The summed E-state index contributed by atoms with van der Waals surface area (Å²) in [7, 11) is 0. The van der Waals surface area contributed by atoms with E-state index in [-0.39, 0.29) is 5.78 Å². The zero-order chi connectivity index (χ0) is 10.6. The van der Waals surface area contributed by atoms with Crippen molar-refractivity contribution in [3.63, 3.8) is 0 Å². The normalized spacial score (nSPS) is 23.6. The number of piperidine rings is 1. The number of hydrogen-bond donors (Lipinski definition) is 0. The molecule has 4 heteroatoms. The van der Waals surface area contributed by atoms with Gasteiger partial charge in [-0.2, -0.15) is 0 Å². The summed E-state index contributed by atoms with van der Waals surface area (Å²) < 4.78 is 4.84. The van der Waals surface area contributed by atoms with Gasteiger partial charge < -0.3 is 9.64 Å². The predicted octanol–water partition coefficient (Wildman–Crippen LogP) is 0.275. The van der Waals surface area contributed by atoms with Crippen molar-refractivity contribution >= 4 is 11.8 Å². The smallest absolute Gasteiger partial charge is 0.317 e. The van der Waals surface area contributed by atoms with E-state index < -0.39 is 11.9 Å². The van der Waals surface area contributed by atoms with Crippen LogP contribution in [0.4, 0.5) is 0 Å². The summed E-state index contributed by atoms with van der Waals surface area (Å²) in [5.74, 6) is -0.991. The molecule has 4 nitrogen and oxygen atoms in total. The molecule has 0 aromatic heterocycles. The highest BCUT2D eigenvalue weighted by molar-refractivity contribution is 5.99. The molecule has 0 aliphatic carbocycles. The van der Waals surface area contributed by atoms with E-state index in [4.69, 9.17) is 4.74 Å². The predicted molar refractivity (Wildman–Crippen MR) is 51.5 cm³/mol. The molecule has 0 spiro atoms. The SMILES string of the molecule is [CH2]CN1CCC(=O)C(C(=O)OCC)C1. The standard InChI is InChI=1S/C10H16NO3/c1-3-11-6-5-9(12)8(7-11)10(13)14-4-2/h8H,1,3-7H2,2H3. The quantitative estimate of drug-likeness (QED) is 0.482. The van der Waals surface area contributed by atoms with Gasteiger partial charge in [0, 0.05) is 19.5 Å². The number of ketones is 1. The van der Waals surface area contributed by atoms with E-state index in [1.54, 1.807) is 6.92 Å². The van der Waals surface area contributed by atoms with Gasteiger partial charge in [0.1, 0.15) is 11.7 Å². The van der Waals surface area contributed by atoms with E-state index in [1.807, 2.05) is 4.90 Å². The van der Waals surface area contributed by atoms with Crippen molar-refractivity contribution in [3.05, 3.63) is 6.92 Å². The highest BCUT2D eigenvalue weighted by atomic mass is 16.5. The molecule has 1 atom stereocenters. The molecule has 1 rings (SSSR count). The Balaban J connectivity index is 2.56. The van der Waals surface area contributed by atoms with Gasteiger partial charge in [-0.3, -0.25) is 9.59 Å². The Morgan fingerprint density at radius 3 is 3.00 bits per heavy atom. The number of ether oxygens (including phenoxy) is 1. The van der Waals surface area contributed by atoms with Gasteiger partial charge in [0.2, 0.25) is 0 Å². The number of hydrogen-bond acceptors (Lipinski definition) is 4. The Hall–Kier alpha value is -0.900. The van der Waals surface area contributed by atoms with Crippen molar-refractivity contribution < 1.29 is 14.3 Å². The number of rotatable bonds is 3. The van der Waals surface area contributed by atoms with Crippen LogP contribution in [-0.2, 0) is 14.3 Å². The van der Waals surface area contributed by atoms with Crippen molar-refractivity contribution in [1.29, 1.82) is 0 Å². The molecule has 0 bridgehead atoms. The first-order valence-corrected chi connectivity index (χ1v) is 4.90. The fourth-order valence-electron chi connectivity index (χ4n) is 1.55. The van der Waals surface area contributed by atoms with Crippen LogP contribution in [0.15, 0.2) is 0 Å². The maximum absolute atomic E-state index is 11.4. The minimum atomic E-state index is -0.592. The Bertz CT molecular complexity index is 227. The summed E-state index contributed by atoms with van der Waals surface area (Å²) in [5, 5.41) is 0. The average molecular weight is 198 g/mol. The van der Waals surface area contributed by atoms with Crippen LogP contribution in [-0.4, -0.2) is 42.9 Å². The molecule has 1 heterocycles. The van der Waals surface area contributed by atoms with Crippen LogP contribution in [0.1, 0.15) is 13.3 Å². The van der Waals surface area contributed by atoms with Gasteiger partial charge in [0.15, 0.2) is 0 Å². The van der Waals surface area contributed by atoms with Crippen LogP contribution < -0.4 is 0 Å². The number of carbonyl (C=O) groups is 2. The average Bonchev–Trinajstić information content (AvgIpc) is 2.19. The first kappa shape index (κ1) is 11.2. The van der Waals surface area contributed by atoms with Gasteiger partial charge in [0.25, 0.3) is 0 Å². The number of esters is 1. The molecule has 0 N–H and O–H groups in total. The molecular formula is C10H16NO3. The molecule has 1 aliphatic heterocycles. The van der Waals surface area contributed by atoms with Gasteiger partial charge in [-0.05, 0) is 20.4 Å². The van der Waals surface area contributed by atoms with Crippen molar-refractivity contribution in [2.75, 3.05) is 26.2 Å². The van der Waals surface area contributed by atoms with Crippen molar-refractivity contribution in [3.8, 4) is 0 Å². The van der Waals surface area contributed by atoms with Gasteiger partial charge in [-0.1, -0.05) is 0 Å². The lowest BCUT2D eigenvalue weighted by molar-refractivity contribution is -0.153. The van der Waals surface area contributed by atoms with Crippen LogP contribution in [0.2, 0.25) is 0 Å². The van der Waals surface area contributed by atoms with E-state index in [9.17, 15) is 9.59 Å². The first-order valence-electron chi connectivity index (χ1n) is 4.90. The molecule has 14 heavy (non-hydrogen) atoms. The number of carbonyl (C=O) groups excluding carboxylic acids is 2. The first-order chi connectivity index (χ1) is 6.69. The summed E-state index contributed by atoms with van der Waals surface area (Å²) >= 11 is 0. The molecule has 1 unspecified atom stereocenters. The van der Waals surface area contributed by atoms with E-state index in [1.165, 1.54) is 0 Å². The molecule has 0 amide bonds. The summed E-state index contributed by atoms with van der Waals surface area (Å²) in [6.45, 7) is 7.60. The second kappa shape index (κ2) is 5.10. The number of likely N-dealkylation sites (tertiary alicyclic amines) is 1. The van der Waals surface area contributed by atoms with E-state index in [2.05, 4.69) is 6.92 Å².